The summed E-state index contributed by atoms with van der Waals surface area (Å²) in [4.78, 5) is 15.8. The minimum atomic E-state index is -0.908. The zero-order valence-electron chi connectivity index (χ0n) is 13.1. The van der Waals surface area contributed by atoms with E-state index in [1.165, 1.54) is 17.2 Å². The number of pyridine rings is 1. The summed E-state index contributed by atoms with van der Waals surface area (Å²) in [5.41, 5.74) is 5.65. The third-order valence-electron chi connectivity index (χ3n) is 4.39. The second kappa shape index (κ2) is 5.91. The van der Waals surface area contributed by atoms with E-state index in [1.807, 2.05) is 0 Å². The Morgan fingerprint density at radius 1 is 1.27 bits per heavy atom. The SMILES string of the molecule is CC(C)c1ccc2nc3c(c(/C=C/C(=O)O)c2c1)CCCC3. The van der Waals surface area contributed by atoms with Crippen LogP contribution in [0.15, 0.2) is 24.3 Å². The van der Waals surface area contributed by atoms with Crippen molar-refractivity contribution in [2.45, 2.75) is 45.4 Å². The Kier molecular flexibility index (Phi) is 3.97. The number of nitrogens with zero attached hydrogens (tertiary/aromatic N) is 1. The molecule has 0 bridgehead atoms. The number of rotatable bonds is 3. The van der Waals surface area contributed by atoms with Gasteiger partial charge in [0, 0.05) is 17.2 Å². The molecular weight excluding hydrogens is 274 g/mol. The Labute approximate surface area is 130 Å². The third kappa shape index (κ3) is 2.76. The molecule has 0 spiro atoms. The maximum atomic E-state index is 10.9. The van der Waals surface area contributed by atoms with Crippen molar-refractivity contribution in [3.63, 3.8) is 0 Å². The summed E-state index contributed by atoms with van der Waals surface area (Å²) in [5, 5.41) is 10.1. The molecule has 1 aromatic carbocycles. The van der Waals surface area contributed by atoms with Crippen molar-refractivity contribution in [2.75, 3.05) is 0 Å². The molecule has 1 aliphatic carbocycles. The molecule has 3 rings (SSSR count). The molecule has 0 saturated carbocycles. The molecule has 22 heavy (non-hydrogen) atoms. The summed E-state index contributed by atoms with van der Waals surface area (Å²) >= 11 is 0. The normalized spacial score (nSPS) is 14.7. The van der Waals surface area contributed by atoms with E-state index in [0.29, 0.717) is 5.92 Å². The monoisotopic (exact) mass is 295 g/mol. The second-order valence-corrected chi connectivity index (χ2v) is 6.26. The fourth-order valence-electron chi connectivity index (χ4n) is 3.18. The molecule has 114 valence electrons. The van der Waals surface area contributed by atoms with Crippen molar-refractivity contribution in [1.29, 1.82) is 0 Å². The van der Waals surface area contributed by atoms with Gasteiger partial charge in [0.2, 0.25) is 0 Å². The van der Waals surface area contributed by atoms with Gasteiger partial charge in [0.15, 0.2) is 0 Å². The van der Waals surface area contributed by atoms with E-state index >= 15 is 0 Å². The lowest BCUT2D eigenvalue weighted by Gasteiger charge is -2.20. The van der Waals surface area contributed by atoms with Crippen LogP contribution < -0.4 is 0 Å². The lowest BCUT2D eigenvalue weighted by atomic mass is 9.88. The zero-order chi connectivity index (χ0) is 15.7. The van der Waals surface area contributed by atoms with E-state index < -0.39 is 5.97 Å². The van der Waals surface area contributed by atoms with Gasteiger partial charge in [0.25, 0.3) is 0 Å². The summed E-state index contributed by atoms with van der Waals surface area (Å²) in [6.07, 6.45) is 7.29. The molecular formula is C19H21NO2. The maximum absolute atomic E-state index is 10.9. The average Bonchev–Trinajstić information content (AvgIpc) is 2.50. The molecule has 0 atom stereocenters. The first-order valence-corrected chi connectivity index (χ1v) is 7.92. The van der Waals surface area contributed by atoms with Crippen LogP contribution in [0.25, 0.3) is 17.0 Å². The van der Waals surface area contributed by atoms with Crippen LogP contribution in [0, 0.1) is 0 Å². The Bertz CT molecular complexity index is 760. The van der Waals surface area contributed by atoms with Crippen molar-refractivity contribution >= 4 is 22.9 Å². The quantitative estimate of drug-likeness (QED) is 0.857. The van der Waals surface area contributed by atoms with E-state index in [2.05, 4.69) is 32.0 Å². The van der Waals surface area contributed by atoms with Gasteiger partial charge < -0.3 is 5.11 Å². The minimum Gasteiger partial charge on any atom is -0.478 e. The number of hydrogen-bond donors (Lipinski definition) is 1. The van der Waals surface area contributed by atoms with Crippen LogP contribution in [-0.4, -0.2) is 16.1 Å². The van der Waals surface area contributed by atoms with E-state index in [9.17, 15) is 4.79 Å². The van der Waals surface area contributed by atoms with E-state index in [4.69, 9.17) is 10.1 Å². The van der Waals surface area contributed by atoms with Crippen LogP contribution in [0.5, 0.6) is 0 Å². The highest BCUT2D eigenvalue weighted by Gasteiger charge is 2.17. The highest BCUT2D eigenvalue weighted by molar-refractivity contribution is 5.94. The average molecular weight is 295 g/mol. The number of fused-ring (bicyclic) bond motifs is 2. The molecule has 1 aliphatic rings. The van der Waals surface area contributed by atoms with Gasteiger partial charge >= 0.3 is 5.97 Å². The van der Waals surface area contributed by atoms with Crippen LogP contribution in [-0.2, 0) is 17.6 Å². The first kappa shape index (κ1) is 14.8. The van der Waals surface area contributed by atoms with Crippen molar-refractivity contribution in [3.05, 3.63) is 46.7 Å². The predicted molar refractivity (Wildman–Crippen MR) is 89.1 cm³/mol. The number of aliphatic carboxylic acids is 1. The lowest BCUT2D eigenvalue weighted by molar-refractivity contribution is -0.131. The molecule has 0 amide bonds. The fraction of sp³-hybridized carbons (Fsp3) is 0.368. The summed E-state index contributed by atoms with van der Waals surface area (Å²) in [6, 6.07) is 6.36. The topological polar surface area (TPSA) is 50.2 Å². The Hall–Kier alpha value is -2.16. The number of aryl methyl sites for hydroxylation is 1. The van der Waals surface area contributed by atoms with E-state index in [1.54, 1.807) is 6.08 Å². The van der Waals surface area contributed by atoms with Gasteiger partial charge in [0.05, 0.1) is 5.52 Å². The number of hydrogen-bond acceptors (Lipinski definition) is 2. The van der Waals surface area contributed by atoms with E-state index in [-0.39, 0.29) is 0 Å². The van der Waals surface area contributed by atoms with Crippen molar-refractivity contribution in [2.24, 2.45) is 0 Å². The Morgan fingerprint density at radius 2 is 2.05 bits per heavy atom. The van der Waals surface area contributed by atoms with Crippen molar-refractivity contribution < 1.29 is 9.90 Å². The summed E-state index contributed by atoms with van der Waals surface area (Å²) in [6.45, 7) is 4.33. The van der Waals surface area contributed by atoms with Gasteiger partial charge in [-0.3, -0.25) is 4.98 Å². The molecule has 2 aromatic rings. The zero-order valence-corrected chi connectivity index (χ0v) is 13.1. The summed E-state index contributed by atoms with van der Waals surface area (Å²) in [7, 11) is 0. The molecule has 0 fully saturated rings. The first-order chi connectivity index (χ1) is 10.6. The van der Waals surface area contributed by atoms with Gasteiger partial charge in [-0.2, -0.15) is 0 Å². The largest absolute Gasteiger partial charge is 0.478 e. The number of carboxylic acid groups (broad SMARTS) is 1. The molecule has 0 radical (unpaired) electrons. The summed E-state index contributed by atoms with van der Waals surface area (Å²) < 4.78 is 0. The standard InChI is InChI=1S/C19H21NO2/c1-12(2)13-7-9-18-16(11-13)14(8-10-19(21)22)15-5-3-4-6-17(15)20-18/h7-12H,3-6H2,1-2H3,(H,21,22)/b10-8+. The molecule has 3 nitrogen and oxygen atoms in total. The van der Waals surface area contributed by atoms with Gasteiger partial charge in [-0.1, -0.05) is 19.9 Å². The molecule has 0 unspecified atom stereocenters. The second-order valence-electron chi connectivity index (χ2n) is 6.26. The highest BCUT2D eigenvalue weighted by atomic mass is 16.4. The van der Waals surface area contributed by atoms with Crippen molar-refractivity contribution in [1.82, 2.24) is 4.98 Å². The third-order valence-corrected chi connectivity index (χ3v) is 4.39. The lowest BCUT2D eigenvalue weighted by Crippen LogP contribution is -2.08. The van der Waals surface area contributed by atoms with Crippen molar-refractivity contribution in [3.8, 4) is 0 Å². The van der Waals surface area contributed by atoms with Gasteiger partial charge in [-0.25, -0.2) is 4.79 Å². The number of carbonyl (C=O) groups is 1. The maximum Gasteiger partial charge on any atom is 0.328 e. The highest BCUT2D eigenvalue weighted by Crippen LogP contribution is 2.32. The summed E-state index contributed by atoms with van der Waals surface area (Å²) in [5.74, 6) is -0.466. The van der Waals surface area contributed by atoms with Crippen LogP contribution >= 0.6 is 0 Å². The van der Waals surface area contributed by atoms with Gasteiger partial charge in [-0.15, -0.1) is 0 Å². The number of aromatic nitrogens is 1. The van der Waals surface area contributed by atoms with Crippen LogP contribution in [0.4, 0.5) is 0 Å². The molecule has 1 heterocycles. The number of benzene rings is 1. The minimum absolute atomic E-state index is 0.441. The molecule has 1 aromatic heterocycles. The molecule has 0 aliphatic heterocycles. The Balaban J connectivity index is 2.28. The van der Waals surface area contributed by atoms with Gasteiger partial charge in [0.1, 0.15) is 0 Å². The fourth-order valence-corrected chi connectivity index (χ4v) is 3.18. The molecule has 3 heteroatoms. The smallest absolute Gasteiger partial charge is 0.328 e. The van der Waals surface area contributed by atoms with E-state index in [0.717, 1.165) is 47.8 Å². The molecule has 1 N–H and O–H groups in total. The first-order valence-electron chi connectivity index (χ1n) is 7.92. The van der Waals surface area contributed by atoms with Gasteiger partial charge in [-0.05, 0) is 66.5 Å². The molecule has 0 saturated heterocycles. The van der Waals surface area contributed by atoms with Crippen LogP contribution in [0.2, 0.25) is 0 Å². The Morgan fingerprint density at radius 3 is 2.77 bits per heavy atom. The predicted octanol–water partition coefficient (Wildman–Crippen LogP) is 4.33. The van der Waals surface area contributed by atoms with Crippen LogP contribution in [0.3, 0.4) is 0 Å². The van der Waals surface area contributed by atoms with Crippen LogP contribution in [0.1, 0.15) is 55.0 Å². The number of carboxylic acids is 1.